The van der Waals surface area contributed by atoms with Gasteiger partial charge in [0, 0.05) is 18.5 Å². The number of hydrogen-bond acceptors (Lipinski definition) is 3. The standard InChI is InChI=1S/C18H24N2O2/c1-4-5-6-16(21)20-10-9-13-11-14-12(2)7-8-15(22-3)17(14)19-18(13)20/h7-8,11,18-19H,4-6,9-10H2,1-3H3. The van der Waals surface area contributed by atoms with Crippen molar-refractivity contribution in [3.63, 3.8) is 0 Å². The molecular formula is C18H24N2O2. The van der Waals surface area contributed by atoms with Gasteiger partial charge in [0.1, 0.15) is 11.9 Å². The smallest absolute Gasteiger partial charge is 0.224 e. The number of unbranched alkanes of at least 4 members (excludes halogenated alkanes) is 1. The van der Waals surface area contributed by atoms with Crippen molar-refractivity contribution < 1.29 is 9.53 Å². The number of anilines is 1. The van der Waals surface area contributed by atoms with E-state index in [-0.39, 0.29) is 12.1 Å². The van der Waals surface area contributed by atoms with E-state index in [9.17, 15) is 4.79 Å². The third-order valence-corrected chi connectivity index (χ3v) is 4.62. The number of nitrogens with one attached hydrogen (secondary N) is 1. The Morgan fingerprint density at radius 3 is 3.00 bits per heavy atom. The van der Waals surface area contributed by atoms with Crippen LogP contribution in [0.1, 0.15) is 43.7 Å². The summed E-state index contributed by atoms with van der Waals surface area (Å²) in [6.45, 7) is 5.03. The van der Waals surface area contributed by atoms with Crippen LogP contribution in [0.5, 0.6) is 5.75 Å². The fourth-order valence-electron chi connectivity index (χ4n) is 3.31. The molecule has 22 heavy (non-hydrogen) atoms. The molecule has 1 aromatic carbocycles. The number of nitrogens with zero attached hydrogens (tertiary/aromatic N) is 1. The summed E-state index contributed by atoms with van der Waals surface area (Å²) in [5.41, 5.74) is 4.72. The van der Waals surface area contributed by atoms with Crippen LogP contribution in [0.3, 0.4) is 0 Å². The first-order valence-electron chi connectivity index (χ1n) is 8.09. The van der Waals surface area contributed by atoms with E-state index in [0.717, 1.165) is 37.2 Å². The number of hydrogen-bond donors (Lipinski definition) is 1. The summed E-state index contributed by atoms with van der Waals surface area (Å²) in [4.78, 5) is 14.4. The van der Waals surface area contributed by atoms with E-state index >= 15 is 0 Å². The number of fused-ring (bicyclic) bond motifs is 2. The molecule has 0 spiro atoms. The van der Waals surface area contributed by atoms with Gasteiger partial charge in [-0.25, -0.2) is 0 Å². The van der Waals surface area contributed by atoms with Crippen molar-refractivity contribution in [2.75, 3.05) is 19.0 Å². The Morgan fingerprint density at radius 1 is 1.45 bits per heavy atom. The van der Waals surface area contributed by atoms with Crippen molar-refractivity contribution in [2.45, 2.75) is 45.7 Å². The molecule has 1 aromatic rings. The van der Waals surface area contributed by atoms with Gasteiger partial charge in [0.05, 0.1) is 12.8 Å². The van der Waals surface area contributed by atoms with Crippen molar-refractivity contribution >= 4 is 17.7 Å². The zero-order chi connectivity index (χ0) is 15.7. The van der Waals surface area contributed by atoms with E-state index in [4.69, 9.17) is 4.74 Å². The van der Waals surface area contributed by atoms with Crippen molar-refractivity contribution in [1.82, 2.24) is 4.90 Å². The van der Waals surface area contributed by atoms with Gasteiger partial charge < -0.3 is 15.0 Å². The molecule has 0 aliphatic carbocycles. The third kappa shape index (κ3) is 2.47. The summed E-state index contributed by atoms with van der Waals surface area (Å²) in [6, 6.07) is 4.06. The van der Waals surface area contributed by atoms with Crippen LogP contribution in [-0.4, -0.2) is 30.6 Å². The fourth-order valence-corrected chi connectivity index (χ4v) is 3.31. The highest BCUT2D eigenvalue weighted by atomic mass is 16.5. The number of benzene rings is 1. The van der Waals surface area contributed by atoms with Gasteiger partial charge >= 0.3 is 0 Å². The van der Waals surface area contributed by atoms with Crippen molar-refractivity contribution in [3.05, 3.63) is 28.8 Å². The average Bonchev–Trinajstić information content (AvgIpc) is 2.94. The van der Waals surface area contributed by atoms with E-state index in [1.807, 2.05) is 11.0 Å². The summed E-state index contributed by atoms with van der Waals surface area (Å²) in [5, 5.41) is 3.54. The van der Waals surface area contributed by atoms with Gasteiger partial charge in [-0.2, -0.15) is 0 Å². The van der Waals surface area contributed by atoms with Crippen LogP contribution in [0.4, 0.5) is 5.69 Å². The second-order valence-corrected chi connectivity index (χ2v) is 6.08. The van der Waals surface area contributed by atoms with E-state index in [2.05, 4.69) is 31.3 Å². The SMILES string of the molecule is CCCCC(=O)N1CCC2=Cc3c(C)ccc(OC)c3NC21. The minimum atomic E-state index is -0.00689. The molecule has 1 unspecified atom stereocenters. The van der Waals surface area contributed by atoms with Gasteiger partial charge in [-0.15, -0.1) is 0 Å². The molecule has 2 aliphatic rings. The molecule has 0 radical (unpaired) electrons. The number of carbonyl (C=O) groups is 1. The quantitative estimate of drug-likeness (QED) is 0.924. The first kappa shape index (κ1) is 14.9. The van der Waals surface area contributed by atoms with Gasteiger partial charge in [0.25, 0.3) is 0 Å². The number of methoxy groups -OCH3 is 1. The van der Waals surface area contributed by atoms with E-state index in [1.54, 1.807) is 7.11 Å². The van der Waals surface area contributed by atoms with Gasteiger partial charge in [-0.05, 0) is 43.0 Å². The Balaban J connectivity index is 1.90. The third-order valence-electron chi connectivity index (χ3n) is 4.62. The lowest BCUT2D eigenvalue weighted by atomic mass is 9.97. The number of amides is 1. The maximum atomic E-state index is 12.4. The lowest BCUT2D eigenvalue weighted by Gasteiger charge is -2.32. The number of ether oxygens (including phenoxy) is 1. The normalized spacial score (nSPS) is 19.1. The van der Waals surface area contributed by atoms with Crippen molar-refractivity contribution in [2.24, 2.45) is 0 Å². The Labute approximate surface area is 132 Å². The first-order valence-corrected chi connectivity index (χ1v) is 8.09. The van der Waals surface area contributed by atoms with Crippen molar-refractivity contribution in [3.8, 4) is 5.75 Å². The molecule has 0 aromatic heterocycles. The molecule has 0 bridgehead atoms. The fraction of sp³-hybridized carbons (Fsp3) is 0.500. The largest absolute Gasteiger partial charge is 0.495 e. The van der Waals surface area contributed by atoms with Crippen LogP contribution in [0, 0.1) is 6.92 Å². The zero-order valence-corrected chi connectivity index (χ0v) is 13.6. The van der Waals surface area contributed by atoms with Crippen LogP contribution >= 0.6 is 0 Å². The number of likely N-dealkylation sites (tertiary alicyclic amines) is 1. The molecular weight excluding hydrogens is 276 g/mol. The molecule has 4 nitrogen and oxygen atoms in total. The summed E-state index contributed by atoms with van der Waals surface area (Å²) >= 11 is 0. The van der Waals surface area contributed by atoms with E-state index < -0.39 is 0 Å². The van der Waals surface area contributed by atoms with E-state index in [0.29, 0.717) is 6.42 Å². The molecule has 1 fully saturated rings. The maximum Gasteiger partial charge on any atom is 0.224 e. The number of carbonyl (C=O) groups excluding carboxylic acids is 1. The summed E-state index contributed by atoms with van der Waals surface area (Å²) in [6.07, 6.45) is 5.83. The van der Waals surface area contributed by atoms with Crippen LogP contribution < -0.4 is 10.1 Å². The van der Waals surface area contributed by atoms with Crippen LogP contribution in [0.15, 0.2) is 17.7 Å². The monoisotopic (exact) mass is 300 g/mol. The Bertz CT molecular complexity index is 622. The molecule has 1 saturated heterocycles. The highest BCUT2D eigenvalue weighted by Crippen LogP contribution is 2.40. The zero-order valence-electron chi connectivity index (χ0n) is 13.6. The predicted octanol–water partition coefficient (Wildman–Crippen LogP) is 3.56. The molecule has 0 saturated carbocycles. The summed E-state index contributed by atoms with van der Waals surface area (Å²) < 4.78 is 5.48. The Morgan fingerprint density at radius 2 is 2.27 bits per heavy atom. The lowest BCUT2D eigenvalue weighted by Crippen LogP contribution is -2.42. The molecule has 2 aliphatic heterocycles. The molecule has 3 rings (SSSR count). The Hall–Kier alpha value is -1.97. The second-order valence-electron chi connectivity index (χ2n) is 6.08. The first-order chi connectivity index (χ1) is 10.7. The highest BCUT2D eigenvalue weighted by molar-refractivity contribution is 5.84. The average molecular weight is 300 g/mol. The van der Waals surface area contributed by atoms with Gasteiger partial charge in [-0.3, -0.25) is 4.79 Å². The highest BCUT2D eigenvalue weighted by Gasteiger charge is 2.35. The molecule has 1 atom stereocenters. The van der Waals surface area contributed by atoms with E-state index in [1.165, 1.54) is 16.7 Å². The Kier molecular flexibility index (Phi) is 4.10. The number of rotatable bonds is 4. The molecule has 118 valence electrons. The molecule has 4 heteroatoms. The van der Waals surface area contributed by atoms with Gasteiger partial charge in [0.15, 0.2) is 0 Å². The summed E-state index contributed by atoms with van der Waals surface area (Å²) in [7, 11) is 1.69. The summed E-state index contributed by atoms with van der Waals surface area (Å²) in [5.74, 6) is 1.08. The molecule has 1 amide bonds. The predicted molar refractivity (Wildman–Crippen MR) is 89.0 cm³/mol. The van der Waals surface area contributed by atoms with Crippen molar-refractivity contribution in [1.29, 1.82) is 0 Å². The van der Waals surface area contributed by atoms with Crippen LogP contribution in [0.2, 0.25) is 0 Å². The minimum Gasteiger partial charge on any atom is -0.495 e. The minimum absolute atomic E-state index is 0.00689. The topological polar surface area (TPSA) is 41.6 Å². The van der Waals surface area contributed by atoms with Gasteiger partial charge in [-0.1, -0.05) is 19.4 Å². The lowest BCUT2D eigenvalue weighted by molar-refractivity contribution is -0.131. The molecule has 1 N–H and O–H groups in total. The maximum absolute atomic E-state index is 12.4. The molecule has 2 heterocycles. The number of aryl methyl sites for hydroxylation is 1. The van der Waals surface area contributed by atoms with Crippen LogP contribution in [0.25, 0.3) is 6.08 Å². The van der Waals surface area contributed by atoms with Crippen LogP contribution in [-0.2, 0) is 4.79 Å². The second kappa shape index (κ2) is 6.03. The van der Waals surface area contributed by atoms with Gasteiger partial charge in [0.2, 0.25) is 5.91 Å².